The Bertz CT molecular complexity index is 859. The van der Waals surface area contributed by atoms with Crippen molar-refractivity contribution in [2.75, 3.05) is 0 Å². The second kappa shape index (κ2) is 6.72. The van der Waals surface area contributed by atoms with Crippen molar-refractivity contribution in [3.8, 4) is 0 Å². The third-order valence-electron chi connectivity index (χ3n) is 8.64. The van der Waals surface area contributed by atoms with Crippen molar-refractivity contribution in [3.63, 3.8) is 0 Å². The number of benzene rings is 1. The zero-order valence-corrected chi connectivity index (χ0v) is 17.4. The number of hydrogen-bond donors (Lipinski definition) is 0. The molecule has 2 saturated carbocycles. The van der Waals surface area contributed by atoms with Crippen molar-refractivity contribution >= 4 is 11.9 Å². The van der Waals surface area contributed by atoms with Gasteiger partial charge in [-0.15, -0.1) is 0 Å². The third-order valence-corrected chi connectivity index (χ3v) is 8.64. The van der Waals surface area contributed by atoms with Gasteiger partial charge in [-0.2, -0.15) is 0 Å². The number of esters is 2. The molecule has 0 radical (unpaired) electrons. The molecule has 6 atom stereocenters. The van der Waals surface area contributed by atoms with Crippen molar-refractivity contribution in [1.29, 1.82) is 0 Å². The van der Waals surface area contributed by atoms with Crippen molar-refractivity contribution in [2.45, 2.75) is 64.9 Å². The number of rotatable bonds is 2. The van der Waals surface area contributed by atoms with Crippen LogP contribution in [0.4, 0.5) is 0 Å². The van der Waals surface area contributed by atoms with Gasteiger partial charge in [-0.25, -0.2) is 4.79 Å². The van der Waals surface area contributed by atoms with Gasteiger partial charge in [0.05, 0.1) is 5.56 Å². The number of carbonyl (C=O) groups excluding carboxylic acids is 2. The van der Waals surface area contributed by atoms with Gasteiger partial charge in [0, 0.05) is 17.3 Å². The van der Waals surface area contributed by atoms with E-state index in [1.54, 1.807) is 0 Å². The highest BCUT2D eigenvalue weighted by Crippen LogP contribution is 2.64. The maximum Gasteiger partial charge on any atom is 0.338 e. The molecule has 0 spiro atoms. The Morgan fingerprint density at radius 2 is 1.86 bits per heavy atom. The third kappa shape index (κ3) is 2.86. The van der Waals surface area contributed by atoms with Crippen LogP contribution in [0.15, 0.2) is 42.2 Å². The number of allylic oxidation sites excluding steroid dienone is 2. The smallest absolute Gasteiger partial charge is 0.338 e. The lowest BCUT2D eigenvalue weighted by Crippen LogP contribution is -2.51. The number of hydrogen-bond acceptors (Lipinski definition) is 4. The summed E-state index contributed by atoms with van der Waals surface area (Å²) >= 11 is 0. The molecule has 0 amide bonds. The molecule has 0 bridgehead atoms. The standard InChI is InChI=1S/C25H30O4/c1-24-14-12-19-17(8-10-20-25(19,2)15-13-22(26)28-20)18(24)9-11-21(24)29-23(27)16-6-4-3-5-7-16/h3-7,10,17-19,21H,8-9,11-15H2,1-2H3/t17?,18?,19?,21?,24-,25+/m0/s1. The fourth-order valence-electron chi connectivity index (χ4n) is 6.99. The molecule has 4 aliphatic rings. The molecular formula is C25H30O4. The summed E-state index contributed by atoms with van der Waals surface area (Å²) in [5.41, 5.74) is 0.658. The number of carbonyl (C=O) groups is 2. The Balaban J connectivity index is 1.37. The highest BCUT2D eigenvalue weighted by atomic mass is 16.5. The summed E-state index contributed by atoms with van der Waals surface area (Å²) in [5.74, 6) is 2.33. The Labute approximate surface area is 172 Å². The molecule has 0 N–H and O–H groups in total. The van der Waals surface area contributed by atoms with E-state index in [9.17, 15) is 9.59 Å². The lowest BCUT2D eigenvalue weighted by molar-refractivity contribution is -0.152. The highest BCUT2D eigenvalue weighted by molar-refractivity contribution is 5.89. The molecule has 1 saturated heterocycles. The Hall–Kier alpha value is -2.10. The van der Waals surface area contributed by atoms with Gasteiger partial charge in [-0.3, -0.25) is 4.79 Å². The Morgan fingerprint density at radius 1 is 1.07 bits per heavy atom. The van der Waals surface area contributed by atoms with Crippen molar-refractivity contribution in [1.82, 2.24) is 0 Å². The molecule has 5 rings (SSSR count). The topological polar surface area (TPSA) is 52.6 Å². The van der Waals surface area contributed by atoms with Crippen LogP contribution in [0.25, 0.3) is 0 Å². The quantitative estimate of drug-likeness (QED) is 0.640. The number of ether oxygens (including phenoxy) is 2. The lowest BCUT2D eigenvalue weighted by atomic mass is 9.50. The predicted molar refractivity (Wildman–Crippen MR) is 109 cm³/mol. The zero-order valence-electron chi connectivity index (χ0n) is 17.4. The van der Waals surface area contributed by atoms with Gasteiger partial charge in [0.1, 0.15) is 11.9 Å². The summed E-state index contributed by atoms with van der Waals surface area (Å²) < 4.78 is 11.7. The molecule has 4 heteroatoms. The normalized spacial score (nSPS) is 40.8. The summed E-state index contributed by atoms with van der Waals surface area (Å²) in [6, 6.07) is 9.33. The Kier molecular flexibility index (Phi) is 4.38. The van der Waals surface area contributed by atoms with Crippen LogP contribution in [-0.2, 0) is 14.3 Å². The molecule has 0 aromatic heterocycles. The molecule has 3 aliphatic carbocycles. The highest BCUT2D eigenvalue weighted by Gasteiger charge is 2.60. The first kappa shape index (κ1) is 18.9. The summed E-state index contributed by atoms with van der Waals surface area (Å²) in [4.78, 5) is 24.5. The molecule has 4 nitrogen and oxygen atoms in total. The largest absolute Gasteiger partial charge is 0.458 e. The van der Waals surface area contributed by atoms with E-state index in [-0.39, 0.29) is 28.9 Å². The van der Waals surface area contributed by atoms with E-state index < -0.39 is 0 Å². The minimum atomic E-state index is -0.198. The molecule has 29 heavy (non-hydrogen) atoms. The van der Waals surface area contributed by atoms with E-state index >= 15 is 0 Å². The fourth-order valence-corrected chi connectivity index (χ4v) is 6.99. The average Bonchev–Trinajstić information content (AvgIpc) is 3.05. The van der Waals surface area contributed by atoms with Gasteiger partial charge < -0.3 is 9.47 Å². The van der Waals surface area contributed by atoms with Crippen LogP contribution < -0.4 is 0 Å². The van der Waals surface area contributed by atoms with Crippen LogP contribution in [0, 0.1) is 28.6 Å². The van der Waals surface area contributed by atoms with Crippen molar-refractivity contribution < 1.29 is 19.1 Å². The second-order valence-electron chi connectivity index (χ2n) is 9.95. The van der Waals surface area contributed by atoms with Crippen LogP contribution in [0.3, 0.4) is 0 Å². The molecule has 1 heterocycles. The van der Waals surface area contributed by atoms with Gasteiger partial charge in [0.25, 0.3) is 0 Å². The first-order valence-electron chi connectivity index (χ1n) is 11.1. The molecule has 1 aliphatic heterocycles. The Morgan fingerprint density at radius 3 is 2.66 bits per heavy atom. The van der Waals surface area contributed by atoms with Gasteiger partial charge in [0.2, 0.25) is 0 Å². The van der Waals surface area contributed by atoms with E-state index in [4.69, 9.17) is 9.47 Å². The first-order valence-corrected chi connectivity index (χ1v) is 11.1. The van der Waals surface area contributed by atoms with Gasteiger partial charge in [0.15, 0.2) is 0 Å². The van der Waals surface area contributed by atoms with E-state index in [0.29, 0.717) is 29.7 Å². The van der Waals surface area contributed by atoms with Crippen molar-refractivity contribution in [3.05, 3.63) is 47.7 Å². The van der Waals surface area contributed by atoms with E-state index in [0.717, 1.165) is 44.3 Å². The summed E-state index contributed by atoms with van der Waals surface area (Å²) in [7, 11) is 0. The minimum absolute atomic E-state index is 0.0106. The predicted octanol–water partition coefficient (Wildman–Crippen LogP) is 5.29. The van der Waals surface area contributed by atoms with Gasteiger partial charge >= 0.3 is 11.9 Å². The molecule has 1 aromatic carbocycles. The average molecular weight is 395 g/mol. The molecular weight excluding hydrogens is 364 g/mol. The molecule has 3 fully saturated rings. The first-order chi connectivity index (χ1) is 13.9. The summed E-state index contributed by atoms with van der Waals surface area (Å²) in [5, 5.41) is 0. The maximum atomic E-state index is 12.7. The second-order valence-corrected chi connectivity index (χ2v) is 9.95. The van der Waals surface area contributed by atoms with Gasteiger partial charge in [-0.1, -0.05) is 32.0 Å². The summed E-state index contributed by atoms with van der Waals surface area (Å²) in [6.45, 7) is 4.64. The van der Waals surface area contributed by atoms with Crippen LogP contribution in [-0.4, -0.2) is 18.0 Å². The zero-order chi connectivity index (χ0) is 20.2. The van der Waals surface area contributed by atoms with Crippen LogP contribution in [0.5, 0.6) is 0 Å². The molecule has 4 unspecified atom stereocenters. The monoisotopic (exact) mass is 394 g/mol. The maximum absolute atomic E-state index is 12.7. The van der Waals surface area contributed by atoms with E-state index in [1.807, 2.05) is 30.3 Å². The number of fused-ring (bicyclic) bond motifs is 5. The molecule has 154 valence electrons. The van der Waals surface area contributed by atoms with Gasteiger partial charge in [-0.05, 0) is 74.5 Å². The van der Waals surface area contributed by atoms with E-state index in [1.165, 1.54) is 0 Å². The SMILES string of the molecule is C[C@]12CCC3C(CC=C4OC(=O)CC[C@@]43C)C1CCC2OC(=O)c1ccccc1. The van der Waals surface area contributed by atoms with Crippen LogP contribution >= 0.6 is 0 Å². The molecule has 1 aromatic rings. The van der Waals surface area contributed by atoms with Crippen molar-refractivity contribution in [2.24, 2.45) is 28.6 Å². The van der Waals surface area contributed by atoms with E-state index in [2.05, 4.69) is 19.9 Å². The van der Waals surface area contributed by atoms with Crippen LogP contribution in [0.1, 0.15) is 69.2 Å². The lowest BCUT2D eigenvalue weighted by Gasteiger charge is -2.56. The fraction of sp³-hybridized carbons (Fsp3) is 0.600. The minimum Gasteiger partial charge on any atom is -0.458 e. The van der Waals surface area contributed by atoms with Crippen LogP contribution in [0.2, 0.25) is 0 Å². The summed E-state index contributed by atoms with van der Waals surface area (Å²) in [6.07, 6.45) is 8.82.